The number of rotatable bonds is 5. The molecule has 7 nitrogen and oxygen atoms in total. The lowest BCUT2D eigenvalue weighted by Crippen LogP contribution is -2.19. The molecule has 0 atom stereocenters. The van der Waals surface area contributed by atoms with Gasteiger partial charge in [0.05, 0.1) is 16.5 Å². The maximum absolute atomic E-state index is 11.8. The predicted octanol–water partition coefficient (Wildman–Crippen LogP) is 3.01. The number of aromatic nitrogens is 2. The summed E-state index contributed by atoms with van der Waals surface area (Å²) in [6.45, 7) is 0. The number of hydrogen-bond donors (Lipinski definition) is 3. The number of para-hydroxylation sites is 1. The summed E-state index contributed by atoms with van der Waals surface area (Å²) in [5.41, 5.74) is 0.474. The molecule has 1 aromatic carbocycles. The second-order valence-electron chi connectivity index (χ2n) is 3.61. The number of nitrogens with one attached hydrogen (secondary N) is 2. The standard InChI is InChI=1S/C11H9ClN4O3S2/c12-6-3-1-2-4-7(6)13-9(19)14-10-15-16-11(21-10)20-5-8(17)18/h1-4H,5H2,(H,17,18)(H2,13,14,15,19). The topological polar surface area (TPSA) is 104 Å². The smallest absolute Gasteiger partial charge is 0.325 e. The first kappa shape index (κ1) is 15.5. The first-order chi connectivity index (χ1) is 10.0. The number of hydrogen-bond acceptors (Lipinski definition) is 6. The van der Waals surface area contributed by atoms with Crippen LogP contribution >= 0.6 is 34.7 Å². The number of nitrogens with zero attached hydrogens (tertiary/aromatic N) is 2. The molecule has 21 heavy (non-hydrogen) atoms. The molecule has 0 aliphatic heterocycles. The molecule has 0 aliphatic rings. The fourth-order valence-electron chi connectivity index (χ4n) is 1.26. The van der Waals surface area contributed by atoms with Gasteiger partial charge in [-0.05, 0) is 12.1 Å². The van der Waals surface area contributed by atoms with Gasteiger partial charge in [0.15, 0.2) is 4.34 Å². The minimum absolute atomic E-state index is 0.111. The van der Waals surface area contributed by atoms with E-state index in [4.69, 9.17) is 16.7 Å². The van der Waals surface area contributed by atoms with Crippen molar-refractivity contribution in [3.63, 3.8) is 0 Å². The van der Waals surface area contributed by atoms with Gasteiger partial charge in [-0.1, -0.05) is 46.8 Å². The summed E-state index contributed by atoms with van der Waals surface area (Å²) in [5, 5.41) is 21.8. The largest absolute Gasteiger partial charge is 0.481 e. The number of carbonyl (C=O) groups excluding carboxylic acids is 1. The molecule has 2 amide bonds. The Balaban J connectivity index is 1.91. The fourth-order valence-corrected chi connectivity index (χ4v) is 2.91. The van der Waals surface area contributed by atoms with Crippen LogP contribution in [0.5, 0.6) is 0 Å². The van der Waals surface area contributed by atoms with E-state index in [1.807, 2.05) is 0 Å². The molecule has 3 N–H and O–H groups in total. The van der Waals surface area contributed by atoms with Gasteiger partial charge in [-0.2, -0.15) is 0 Å². The molecule has 110 valence electrons. The molecule has 0 aliphatic carbocycles. The molecule has 1 aromatic heterocycles. The number of anilines is 2. The lowest BCUT2D eigenvalue weighted by Gasteiger charge is -2.06. The first-order valence-corrected chi connectivity index (χ1v) is 7.73. The van der Waals surface area contributed by atoms with E-state index in [-0.39, 0.29) is 10.9 Å². The summed E-state index contributed by atoms with van der Waals surface area (Å²) in [4.78, 5) is 22.2. The highest BCUT2D eigenvalue weighted by Crippen LogP contribution is 2.26. The molecular formula is C11H9ClN4O3S2. The van der Waals surface area contributed by atoms with Crippen molar-refractivity contribution in [2.75, 3.05) is 16.4 Å². The van der Waals surface area contributed by atoms with Crippen molar-refractivity contribution in [3.8, 4) is 0 Å². The highest BCUT2D eigenvalue weighted by atomic mass is 35.5. The zero-order valence-electron chi connectivity index (χ0n) is 10.4. The molecule has 2 rings (SSSR count). The van der Waals surface area contributed by atoms with E-state index in [0.29, 0.717) is 15.0 Å². The average molecular weight is 345 g/mol. The Hall–Kier alpha value is -1.84. The highest BCUT2D eigenvalue weighted by molar-refractivity contribution is 8.01. The molecule has 0 spiro atoms. The van der Waals surface area contributed by atoms with E-state index >= 15 is 0 Å². The van der Waals surface area contributed by atoms with Crippen LogP contribution in [0.3, 0.4) is 0 Å². The van der Waals surface area contributed by atoms with Crippen molar-refractivity contribution in [2.45, 2.75) is 4.34 Å². The highest BCUT2D eigenvalue weighted by Gasteiger charge is 2.10. The lowest BCUT2D eigenvalue weighted by molar-refractivity contribution is -0.133. The number of carboxylic acid groups (broad SMARTS) is 1. The number of urea groups is 1. The molecular weight excluding hydrogens is 336 g/mol. The zero-order chi connectivity index (χ0) is 15.2. The van der Waals surface area contributed by atoms with Crippen LogP contribution in [0.4, 0.5) is 15.6 Å². The second kappa shape index (κ2) is 7.25. The minimum atomic E-state index is -0.943. The number of amides is 2. The monoisotopic (exact) mass is 344 g/mol. The van der Waals surface area contributed by atoms with E-state index in [2.05, 4.69) is 20.8 Å². The van der Waals surface area contributed by atoms with Crippen LogP contribution in [0.25, 0.3) is 0 Å². The number of carbonyl (C=O) groups is 2. The number of benzene rings is 1. The summed E-state index contributed by atoms with van der Waals surface area (Å²) < 4.78 is 0.463. The van der Waals surface area contributed by atoms with Crippen LogP contribution in [0, 0.1) is 0 Å². The van der Waals surface area contributed by atoms with Gasteiger partial charge < -0.3 is 10.4 Å². The van der Waals surface area contributed by atoms with Crippen LogP contribution < -0.4 is 10.6 Å². The van der Waals surface area contributed by atoms with Crippen molar-refractivity contribution in [2.24, 2.45) is 0 Å². The number of thioether (sulfide) groups is 1. The normalized spacial score (nSPS) is 10.1. The van der Waals surface area contributed by atoms with Crippen LogP contribution in [-0.4, -0.2) is 33.1 Å². The summed E-state index contributed by atoms with van der Waals surface area (Å²) in [6.07, 6.45) is 0. The van der Waals surface area contributed by atoms with Gasteiger partial charge >= 0.3 is 12.0 Å². The van der Waals surface area contributed by atoms with E-state index in [1.54, 1.807) is 24.3 Å². The second-order valence-corrected chi connectivity index (χ2v) is 6.22. The number of halogens is 1. The molecule has 0 saturated carbocycles. The van der Waals surface area contributed by atoms with Crippen LogP contribution in [0.15, 0.2) is 28.6 Å². The van der Waals surface area contributed by atoms with Gasteiger partial charge in [0.1, 0.15) is 0 Å². The van der Waals surface area contributed by atoms with Crippen LogP contribution in [0.2, 0.25) is 5.02 Å². The van der Waals surface area contributed by atoms with Gasteiger partial charge in [0, 0.05) is 0 Å². The van der Waals surface area contributed by atoms with Crippen LogP contribution in [-0.2, 0) is 4.79 Å². The number of aliphatic carboxylic acids is 1. The van der Waals surface area contributed by atoms with E-state index in [0.717, 1.165) is 23.1 Å². The summed E-state index contributed by atoms with van der Waals surface area (Å²) in [5.74, 6) is -1.05. The molecule has 1 heterocycles. The Kier molecular flexibility index (Phi) is 5.37. The first-order valence-electron chi connectivity index (χ1n) is 5.55. The third-order valence-electron chi connectivity index (χ3n) is 2.07. The van der Waals surface area contributed by atoms with Gasteiger partial charge in [-0.3, -0.25) is 10.1 Å². The third kappa shape index (κ3) is 4.88. The fraction of sp³-hybridized carbons (Fsp3) is 0.0909. The Morgan fingerprint density at radius 2 is 2.05 bits per heavy atom. The molecule has 0 bridgehead atoms. The van der Waals surface area contributed by atoms with Crippen molar-refractivity contribution in [3.05, 3.63) is 29.3 Å². The predicted molar refractivity (Wildman–Crippen MR) is 82.4 cm³/mol. The van der Waals surface area contributed by atoms with Crippen molar-refractivity contribution >= 4 is 57.5 Å². The summed E-state index contributed by atoms with van der Waals surface area (Å²) in [6, 6.07) is 6.31. The average Bonchev–Trinajstić information content (AvgIpc) is 2.86. The van der Waals surface area contributed by atoms with E-state index < -0.39 is 12.0 Å². The minimum Gasteiger partial charge on any atom is -0.481 e. The van der Waals surface area contributed by atoms with E-state index in [9.17, 15) is 9.59 Å². The molecule has 0 unspecified atom stereocenters. The van der Waals surface area contributed by atoms with Gasteiger partial charge in [0.2, 0.25) is 5.13 Å². The van der Waals surface area contributed by atoms with Gasteiger partial charge in [-0.25, -0.2) is 4.79 Å². The zero-order valence-corrected chi connectivity index (χ0v) is 12.8. The maximum atomic E-state index is 11.8. The molecule has 0 saturated heterocycles. The molecule has 10 heteroatoms. The molecule has 0 fully saturated rings. The lowest BCUT2D eigenvalue weighted by atomic mass is 10.3. The Morgan fingerprint density at radius 3 is 2.76 bits per heavy atom. The Labute approximate surface area is 132 Å². The van der Waals surface area contributed by atoms with Crippen molar-refractivity contribution < 1.29 is 14.7 Å². The summed E-state index contributed by atoms with van der Waals surface area (Å²) in [7, 11) is 0. The SMILES string of the molecule is O=C(O)CSc1nnc(NC(=O)Nc2ccccc2Cl)s1. The van der Waals surface area contributed by atoms with E-state index in [1.165, 1.54) is 0 Å². The number of carboxylic acids is 1. The van der Waals surface area contributed by atoms with Gasteiger partial charge in [0.25, 0.3) is 0 Å². The van der Waals surface area contributed by atoms with Crippen LogP contribution in [0.1, 0.15) is 0 Å². The third-order valence-corrected chi connectivity index (χ3v) is 4.35. The summed E-state index contributed by atoms with van der Waals surface area (Å²) >= 11 is 8.05. The maximum Gasteiger partial charge on any atom is 0.325 e. The van der Waals surface area contributed by atoms with Gasteiger partial charge in [-0.15, -0.1) is 10.2 Å². The molecule has 2 aromatic rings. The molecule has 0 radical (unpaired) electrons. The van der Waals surface area contributed by atoms with Crippen molar-refractivity contribution in [1.29, 1.82) is 0 Å². The quantitative estimate of drug-likeness (QED) is 0.569. The Bertz CT molecular complexity index is 664. The van der Waals surface area contributed by atoms with Crippen molar-refractivity contribution in [1.82, 2.24) is 10.2 Å². The Morgan fingerprint density at radius 1 is 1.29 bits per heavy atom.